The second kappa shape index (κ2) is 8.95. The van der Waals surface area contributed by atoms with Gasteiger partial charge in [0.2, 0.25) is 0 Å². The van der Waals surface area contributed by atoms with E-state index in [4.69, 9.17) is 23.6 Å². The van der Waals surface area contributed by atoms with Crippen molar-refractivity contribution < 1.29 is 18.6 Å². The summed E-state index contributed by atoms with van der Waals surface area (Å²) < 4.78 is 25.2. The van der Waals surface area contributed by atoms with Crippen molar-refractivity contribution in [3.05, 3.63) is 65.8 Å². The highest BCUT2D eigenvalue weighted by molar-refractivity contribution is 7.99. The Morgan fingerprint density at radius 3 is 2.74 bits per heavy atom. The molecule has 1 aliphatic rings. The fourth-order valence-electron chi connectivity index (χ4n) is 3.86. The number of benzene rings is 2. The van der Waals surface area contributed by atoms with Crippen LogP contribution in [0.4, 0.5) is 0 Å². The fraction of sp³-hybridized carbons (Fsp3) is 0.200. The Balaban J connectivity index is 1.30. The van der Waals surface area contributed by atoms with Gasteiger partial charge in [0.25, 0.3) is 0 Å². The number of imidazole rings is 1. The summed E-state index contributed by atoms with van der Waals surface area (Å²) in [4.78, 5) is 9.48. The maximum atomic E-state index is 6.39. The van der Waals surface area contributed by atoms with E-state index in [2.05, 4.69) is 22.5 Å². The van der Waals surface area contributed by atoms with Crippen LogP contribution in [-0.4, -0.2) is 34.4 Å². The summed E-state index contributed by atoms with van der Waals surface area (Å²) in [5.74, 6) is 1.95. The molecule has 3 aromatic heterocycles. The van der Waals surface area contributed by atoms with Crippen molar-refractivity contribution in [2.75, 3.05) is 19.6 Å². The first kappa shape index (κ1) is 22.0. The van der Waals surface area contributed by atoms with E-state index in [9.17, 15) is 0 Å². The molecule has 0 spiro atoms. The van der Waals surface area contributed by atoms with Crippen molar-refractivity contribution in [3.63, 3.8) is 0 Å². The van der Waals surface area contributed by atoms with Crippen LogP contribution in [-0.2, 0) is 4.74 Å². The molecular weight excluding hydrogens is 484 g/mol. The van der Waals surface area contributed by atoms with Gasteiger partial charge in [-0.3, -0.25) is 5.43 Å². The summed E-state index contributed by atoms with van der Waals surface area (Å²) in [6.45, 7) is 1.99. The summed E-state index contributed by atoms with van der Waals surface area (Å²) in [5.41, 5.74) is 6.39. The van der Waals surface area contributed by atoms with E-state index in [1.54, 1.807) is 25.6 Å². The number of hydrogen-bond acceptors (Lipinski definition) is 9. The molecule has 0 amide bonds. The zero-order valence-electron chi connectivity index (χ0n) is 19.2. The number of thioether (sulfide) groups is 1. The normalized spacial score (nSPS) is 15.7. The Morgan fingerprint density at radius 2 is 1.97 bits per heavy atom. The van der Waals surface area contributed by atoms with E-state index in [-0.39, 0.29) is 11.7 Å². The number of rotatable bonds is 7. The summed E-state index contributed by atoms with van der Waals surface area (Å²) in [6, 6.07) is 15.8. The second-order valence-corrected chi connectivity index (χ2v) is 9.83. The summed E-state index contributed by atoms with van der Waals surface area (Å²) in [7, 11) is 3.28. The molecule has 4 heterocycles. The first-order valence-corrected chi connectivity index (χ1v) is 12.7. The van der Waals surface area contributed by atoms with Gasteiger partial charge in [0.15, 0.2) is 16.5 Å². The summed E-state index contributed by atoms with van der Waals surface area (Å²) in [5, 5.41) is 4.66. The van der Waals surface area contributed by atoms with Crippen molar-refractivity contribution in [1.29, 1.82) is 0 Å². The third-order valence-electron chi connectivity index (χ3n) is 5.67. The Hall–Kier alpha value is -3.47. The molecule has 0 bridgehead atoms. The Morgan fingerprint density at radius 1 is 1.11 bits per heavy atom. The third kappa shape index (κ3) is 4.13. The maximum Gasteiger partial charge on any atom is 0.196 e. The molecule has 35 heavy (non-hydrogen) atoms. The predicted octanol–water partition coefficient (Wildman–Crippen LogP) is 6.15. The van der Waals surface area contributed by atoms with Gasteiger partial charge in [-0.1, -0.05) is 30.3 Å². The zero-order valence-corrected chi connectivity index (χ0v) is 20.9. The summed E-state index contributed by atoms with van der Waals surface area (Å²) >= 11 is 3.11. The van der Waals surface area contributed by atoms with Gasteiger partial charge in [0.1, 0.15) is 33.9 Å². The predicted molar refractivity (Wildman–Crippen MR) is 137 cm³/mol. The highest BCUT2D eigenvalue weighted by Gasteiger charge is 2.25. The summed E-state index contributed by atoms with van der Waals surface area (Å²) in [6.07, 6.45) is 1.63. The van der Waals surface area contributed by atoms with E-state index in [0.29, 0.717) is 22.8 Å². The van der Waals surface area contributed by atoms with Crippen molar-refractivity contribution in [2.24, 2.45) is 0 Å². The smallest absolute Gasteiger partial charge is 0.196 e. The average molecular weight is 507 g/mol. The topological polar surface area (TPSA) is 83.6 Å². The zero-order chi connectivity index (χ0) is 23.9. The van der Waals surface area contributed by atoms with Gasteiger partial charge in [0.05, 0.1) is 24.4 Å². The standard InChI is InChI=1S/C25H22N4O4S2/c1-14(19-13-34-23(26-19)15-7-5-4-6-8-15)32-20-9-16(30-2)10-21-17(20)11-22(33-21)18-12-29-24(27-18)35-25(28-29)31-3/h4-14,25,28H,1-3H3. The second-order valence-electron chi connectivity index (χ2n) is 7.94. The Bertz CT molecular complexity index is 1470. The first-order valence-electron chi connectivity index (χ1n) is 11.0. The molecule has 0 saturated heterocycles. The van der Waals surface area contributed by atoms with E-state index in [1.165, 1.54) is 11.8 Å². The molecule has 0 fully saturated rings. The number of nitrogens with one attached hydrogen (secondary N) is 1. The minimum atomic E-state index is -0.264. The van der Waals surface area contributed by atoms with Gasteiger partial charge in [-0.15, -0.1) is 11.3 Å². The molecule has 178 valence electrons. The van der Waals surface area contributed by atoms with Crippen LogP contribution in [0.2, 0.25) is 0 Å². The average Bonchev–Trinajstić information content (AvgIpc) is 3.66. The number of thiazole rings is 1. The lowest BCUT2D eigenvalue weighted by atomic mass is 10.2. The maximum absolute atomic E-state index is 6.39. The van der Waals surface area contributed by atoms with Crippen LogP contribution in [0.3, 0.4) is 0 Å². The van der Waals surface area contributed by atoms with Crippen LogP contribution in [0.5, 0.6) is 11.5 Å². The van der Waals surface area contributed by atoms with Gasteiger partial charge in [-0.2, -0.15) is 0 Å². The lowest BCUT2D eigenvalue weighted by Gasteiger charge is -2.14. The molecule has 10 heteroatoms. The van der Waals surface area contributed by atoms with Gasteiger partial charge in [-0.05, 0) is 24.8 Å². The minimum Gasteiger partial charge on any atom is -0.496 e. The molecule has 2 atom stereocenters. The molecule has 0 radical (unpaired) electrons. The van der Waals surface area contributed by atoms with Gasteiger partial charge in [-0.25, -0.2) is 14.6 Å². The van der Waals surface area contributed by atoms with E-state index < -0.39 is 0 Å². The molecule has 1 N–H and O–H groups in total. The number of hydrogen-bond donors (Lipinski definition) is 1. The number of nitrogens with zero attached hydrogens (tertiary/aromatic N) is 3. The van der Waals surface area contributed by atoms with Crippen molar-refractivity contribution in [2.45, 2.75) is 23.7 Å². The molecule has 0 saturated carbocycles. The minimum absolute atomic E-state index is 0.152. The number of fused-ring (bicyclic) bond motifs is 2. The van der Waals surface area contributed by atoms with E-state index in [0.717, 1.165) is 32.5 Å². The fourth-order valence-corrected chi connectivity index (χ4v) is 5.59. The van der Waals surface area contributed by atoms with Crippen molar-refractivity contribution in [3.8, 4) is 33.5 Å². The van der Waals surface area contributed by atoms with Crippen molar-refractivity contribution in [1.82, 2.24) is 14.6 Å². The lowest BCUT2D eigenvalue weighted by Crippen LogP contribution is -2.19. The molecule has 6 rings (SSSR count). The monoisotopic (exact) mass is 506 g/mol. The van der Waals surface area contributed by atoms with Crippen LogP contribution in [0.15, 0.2) is 69.7 Å². The van der Waals surface area contributed by atoms with Crippen molar-refractivity contribution >= 4 is 34.1 Å². The van der Waals surface area contributed by atoms with E-state index in [1.807, 2.05) is 59.6 Å². The third-order valence-corrected chi connectivity index (χ3v) is 7.59. The van der Waals surface area contributed by atoms with Gasteiger partial charge in [0, 0.05) is 30.2 Å². The SMILES string of the molecule is COc1cc(OC(C)c2csc(-c3ccccc3)n2)c2cc(-c3cn4c(n3)SC(OC)N4)oc2c1. The molecule has 1 aliphatic heterocycles. The Kier molecular flexibility index (Phi) is 5.63. The molecule has 8 nitrogen and oxygen atoms in total. The largest absolute Gasteiger partial charge is 0.496 e. The number of ether oxygens (including phenoxy) is 3. The molecule has 2 unspecified atom stereocenters. The molecule has 2 aromatic carbocycles. The highest BCUT2D eigenvalue weighted by atomic mass is 32.2. The van der Waals surface area contributed by atoms with Crippen LogP contribution in [0.1, 0.15) is 18.7 Å². The van der Waals surface area contributed by atoms with Crippen LogP contribution in [0, 0.1) is 0 Å². The quantitative estimate of drug-likeness (QED) is 0.282. The van der Waals surface area contributed by atoms with Crippen LogP contribution in [0.25, 0.3) is 33.0 Å². The number of methoxy groups -OCH3 is 2. The van der Waals surface area contributed by atoms with Gasteiger partial charge < -0.3 is 18.6 Å². The Labute approximate surface area is 209 Å². The molecule has 5 aromatic rings. The van der Waals surface area contributed by atoms with Gasteiger partial charge >= 0.3 is 0 Å². The number of aromatic nitrogens is 3. The van der Waals surface area contributed by atoms with Crippen LogP contribution >= 0.6 is 23.1 Å². The molecule has 0 aliphatic carbocycles. The van der Waals surface area contributed by atoms with E-state index >= 15 is 0 Å². The number of furan rings is 1. The lowest BCUT2D eigenvalue weighted by molar-refractivity contribution is 0.187. The first-order chi connectivity index (χ1) is 17.1. The highest BCUT2D eigenvalue weighted by Crippen LogP contribution is 2.40. The molecular formula is C25H22N4O4S2. The van der Waals surface area contributed by atoms with Crippen LogP contribution < -0.4 is 14.9 Å².